The average molecular weight is 174 g/mol. The van der Waals surface area contributed by atoms with E-state index in [0.717, 1.165) is 18.6 Å². The maximum absolute atomic E-state index is 5.38. The van der Waals surface area contributed by atoms with E-state index in [-0.39, 0.29) is 0 Å². The van der Waals surface area contributed by atoms with E-state index in [0.29, 0.717) is 6.61 Å². The van der Waals surface area contributed by atoms with Gasteiger partial charge in [-0.05, 0) is 18.6 Å². The Bertz CT molecular complexity index is 279. The zero-order valence-electron chi connectivity index (χ0n) is 7.92. The molecule has 0 unspecified atom stereocenters. The number of para-hydroxylation sites is 1. The minimum atomic E-state index is 0.490. The van der Waals surface area contributed by atoms with Gasteiger partial charge < -0.3 is 4.74 Å². The topological polar surface area (TPSA) is 9.23 Å². The second-order valence-corrected chi connectivity index (χ2v) is 2.71. The molecule has 13 heavy (non-hydrogen) atoms. The van der Waals surface area contributed by atoms with Crippen LogP contribution in [0, 0.1) is 11.8 Å². The van der Waals surface area contributed by atoms with Gasteiger partial charge in [0.2, 0.25) is 0 Å². The predicted octanol–water partition coefficient (Wildman–Crippen LogP) is 2.87. The molecule has 0 heterocycles. The van der Waals surface area contributed by atoms with E-state index in [1.54, 1.807) is 0 Å². The van der Waals surface area contributed by atoms with Crippen LogP contribution in [0.25, 0.3) is 0 Å². The summed E-state index contributed by atoms with van der Waals surface area (Å²) in [5, 5.41) is 0. The molecule has 0 aliphatic heterocycles. The number of hydrogen-bond donors (Lipinski definition) is 0. The molecule has 1 aromatic carbocycles. The molecule has 0 bridgehead atoms. The van der Waals surface area contributed by atoms with Crippen molar-refractivity contribution in [3.63, 3.8) is 0 Å². The first-order valence-corrected chi connectivity index (χ1v) is 4.57. The summed E-state index contributed by atoms with van der Waals surface area (Å²) in [5.74, 6) is 6.88. The Balaban J connectivity index is 2.25. The van der Waals surface area contributed by atoms with Crippen LogP contribution in [0.15, 0.2) is 30.3 Å². The van der Waals surface area contributed by atoms with E-state index in [1.807, 2.05) is 30.3 Å². The van der Waals surface area contributed by atoms with E-state index in [9.17, 15) is 0 Å². The first-order valence-electron chi connectivity index (χ1n) is 4.57. The molecule has 0 aliphatic carbocycles. The van der Waals surface area contributed by atoms with Gasteiger partial charge in [-0.2, -0.15) is 0 Å². The fourth-order valence-corrected chi connectivity index (χ4v) is 0.901. The fourth-order valence-electron chi connectivity index (χ4n) is 0.901. The Morgan fingerprint density at radius 1 is 1.15 bits per heavy atom. The highest BCUT2D eigenvalue weighted by molar-refractivity contribution is 5.21. The van der Waals surface area contributed by atoms with E-state index >= 15 is 0 Å². The molecule has 0 spiro atoms. The van der Waals surface area contributed by atoms with Gasteiger partial charge in [-0.1, -0.05) is 37.0 Å². The Kier molecular flexibility index (Phi) is 4.56. The molecule has 0 aliphatic rings. The summed E-state index contributed by atoms with van der Waals surface area (Å²) in [4.78, 5) is 0. The van der Waals surface area contributed by atoms with Crippen molar-refractivity contribution in [3.8, 4) is 17.6 Å². The summed E-state index contributed by atoms with van der Waals surface area (Å²) < 4.78 is 5.38. The Morgan fingerprint density at radius 3 is 2.62 bits per heavy atom. The second kappa shape index (κ2) is 6.14. The molecule has 0 saturated carbocycles. The largest absolute Gasteiger partial charge is 0.481 e. The molecule has 1 rings (SSSR count). The highest BCUT2D eigenvalue weighted by Gasteiger charge is 1.86. The van der Waals surface area contributed by atoms with Gasteiger partial charge >= 0.3 is 0 Å². The molecule has 1 heteroatoms. The fraction of sp³-hybridized carbons (Fsp3) is 0.333. The number of unbranched alkanes of at least 4 members (excludes halogenated alkanes) is 1. The van der Waals surface area contributed by atoms with Crippen molar-refractivity contribution in [2.45, 2.75) is 19.8 Å². The molecule has 0 amide bonds. The first-order chi connectivity index (χ1) is 6.43. The lowest BCUT2D eigenvalue weighted by atomic mass is 10.3. The molecular formula is C12H14O. The standard InChI is InChI=1S/C12H14O/c1-2-3-4-8-11-13-12-9-6-5-7-10-12/h5-7,9-10H,2-3,11H2,1H3. The Morgan fingerprint density at radius 2 is 1.92 bits per heavy atom. The van der Waals surface area contributed by atoms with E-state index in [1.165, 1.54) is 0 Å². The summed E-state index contributed by atoms with van der Waals surface area (Å²) in [7, 11) is 0. The van der Waals surface area contributed by atoms with Crippen molar-refractivity contribution in [1.82, 2.24) is 0 Å². The molecule has 0 N–H and O–H groups in total. The lowest BCUT2D eigenvalue weighted by Gasteiger charge is -1.99. The maximum Gasteiger partial charge on any atom is 0.149 e. The van der Waals surface area contributed by atoms with Crippen LogP contribution in [0.3, 0.4) is 0 Å². The van der Waals surface area contributed by atoms with Gasteiger partial charge in [-0.25, -0.2) is 0 Å². The Labute approximate surface area is 79.7 Å². The average Bonchev–Trinajstić information content (AvgIpc) is 2.19. The third-order valence-corrected chi connectivity index (χ3v) is 1.55. The van der Waals surface area contributed by atoms with Crippen LogP contribution in [-0.4, -0.2) is 6.61 Å². The van der Waals surface area contributed by atoms with Gasteiger partial charge in [0, 0.05) is 6.42 Å². The van der Waals surface area contributed by atoms with Crippen LogP contribution in [0.1, 0.15) is 19.8 Å². The zero-order chi connectivity index (χ0) is 9.36. The molecular weight excluding hydrogens is 160 g/mol. The zero-order valence-corrected chi connectivity index (χ0v) is 7.92. The summed E-state index contributed by atoms with van der Waals surface area (Å²) in [6.07, 6.45) is 2.07. The maximum atomic E-state index is 5.38. The van der Waals surface area contributed by atoms with Gasteiger partial charge in [-0.3, -0.25) is 0 Å². The number of hydrogen-bond acceptors (Lipinski definition) is 1. The van der Waals surface area contributed by atoms with Crippen molar-refractivity contribution in [1.29, 1.82) is 0 Å². The van der Waals surface area contributed by atoms with Crippen molar-refractivity contribution in [2.24, 2.45) is 0 Å². The third kappa shape index (κ3) is 4.22. The minimum absolute atomic E-state index is 0.490. The lowest BCUT2D eigenvalue weighted by molar-refractivity contribution is 0.370. The van der Waals surface area contributed by atoms with Crippen LogP contribution in [-0.2, 0) is 0 Å². The second-order valence-electron chi connectivity index (χ2n) is 2.71. The number of rotatable bonds is 3. The summed E-state index contributed by atoms with van der Waals surface area (Å²) in [6.45, 7) is 2.61. The summed E-state index contributed by atoms with van der Waals surface area (Å²) in [5.41, 5.74) is 0. The van der Waals surface area contributed by atoms with Crippen LogP contribution in [0.5, 0.6) is 5.75 Å². The first kappa shape index (κ1) is 9.67. The quantitative estimate of drug-likeness (QED) is 0.640. The van der Waals surface area contributed by atoms with Gasteiger partial charge in [0.1, 0.15) is 12.4 Å². The smallest absolute Gasteiger partial charge is 0.149 e. The van der Waals surface area contributed by atoms with Gasteiger partial charge in [0.15, 0.2) is 0 Å². The highest BCUT2D eigenvalue weighted by atomic mass is 16.5. The van der Waals surface area contributed by atoms with Crippen LogP contribution >= 0.6 is 0 Å². The van der Waals surface area contributed by atoms with Gasteiger partial charge in [0.25, 0.3) is 0 Å². The highest BCUT2D eigenvalue weighted by Crippen LogP contribution is 2.07. The molecule has 0 atom stereocenters. The number of benzene rings is 1. The van der Waals surface area contributed by atoms with Gasteiger partial charge in [0.05, 0.1) is 0 Å². The van der Waals surface area contributed by atoms with Crippen molar-refractivity contribution < 1.29 is 4.74 Å². The molecule has 0 fully saturated rings. The van der Waals surface area contributed by atoms with Crippen molar-refractivity contribution in [2.75, 3.05) is 6.61 Å². The van der Waals surface area contributed by atoms with E-state index in [4.69, 9.17) is 4.74 Å². The molecule has 0 aromatic heterocycles. The normalized spacial score (nSPS) is 8.69. The van der Waals surface area contributed by atoms with Crippen molar-refractivity contribution in [3.05, 3.63) is 30.3 Å². The molecule has 1 nitrogen and oxygen atoms in total. The molecule has 0 saturated heterocycles. The van der Waals surface area contributed by atoms with Crippen molar-refractivity contribution >= 4 is 0 Å². The summed E-state index contributed by atoms with van der Waals surface area (Å²) >= 11 is 0. The molecule has 0 radical (unpaired) electrons. The van der Waals surface area contributed by atoms with E-state index < -0.39 is 0 Å². The van der Waals surface area contributed by atoms with Gasteiger partial charge in [-0.15, -0.1) is 0 Å². The minimum Gasteiger partial charge on any atom is -0.481 e. The number of ether oxygens (including phenoxy) is 1. The van der Waals surface area contributed by atoms with Crippen LogP contribution < -0.4 is 4.74 Å². The molecule has 1 aromatic rings. The van der Waals surface area contributed by atoms with Crippen LogP contribution in [0.2, 0.25) is 0 Å². The van der Waals surface area contributed by atoms with E-state index in [2.05, 4.69) is 18.8 Å². The lowest BCUT2D eigenvalue weighted by Crippen LogP contribution is -1.92. The SMILES string of the molecule is CCCC#CCOc1ccccc1. The predicted molar refractivity (Wildman–Crippen MR) is 54.6 cm³/mol. The summed E-state index contributed by atoms with van der Waals surface area (Å²) in [6, 6.07) is 9.74. The Hall–Kier alpha value is -1.42. The third-order valence-electron chi connectivity index (χ3n) is 1.55. The van der Waals surface area contributed by atoms with Crippen LogP contribution in [0.4, 0.5) is 0 Å². The monoisotopic (exact) mass is 174 g/mol. The molecule has 68 valence electrons.